The predicted octanol–water partition coefficient (Wildman–Crippen LogP) is 5.91. The van der Waals surface area contributed by atoms with E-state index in [1.807, 2.05) is 54.9 Å². The molecular formula is C23H13Cl2N5. The Morgan fingerprint density at radius 3 is 2.17 bits per heavy atom. The third-order valence-corrected chi connectivity index (χ3v) is 5.15. The van der Waals surface area contributed by atoms with Crippen LogP contribution in [0.5, 0.6) is 0 Å². The summed E-state index contributed by atoms with van der Waals surface area (Å²) in [5, 5.41) is 25.3. The monoisotopic (exact) mass is 429 g/mol. The minimum Gasteiger partial charge on any atom is -0.307 e. The van der Waals surface area contributed by atoms with Crippen LogP contribution in [0.3, 0.4) is 0 Å². The SMILES string of the molecule is N#C/C(=C\c1c(Cl)cccc1Cl)c1nn(-c2ccccc2)c(-n2cccc2)c1C#N. The number of aromatic nitrogens is 3. The second kappa shape index (κ2) is 8.31. The van der Waals surface area contributed by atoms with Crippen molar-refractivity contribution in [2.45, 2.75) is 0 Å². The third-order valence-electron chi connectivity index (χ3n) is 4.49. The number of hydrogen-bond donors (Lipinski definition) is 0. The zero-order valence-electron chi connectivity index (χ0n) is 15.5. The molecule has 0 atom stereocenters. The molecular weight excluding hydrogens is 417 g/mol. The molecule has 0 radical (unpaired) electrons. The summed E-state index contributed by atoms with van der Waals surface area (Å²) in [6.07, 6.45) is 5.20. The highest BCUT2D eigenvalue weighted by Gasteiger charge is 2.23. The number of nitrogens with zero attached hydrogens (tertiary/aromatic N) is 5. The van der Waals surface area contributed by atoms with Crippen molar-refractivity contribution in [1.82, 2.24) is 14.3 Å². The van der Waals surface area contributed by atoms with Gasteiger partial charge >= 0.3 is 0 Å². The molecule has 0 unspecified atom stereocenters. The van der Waals surface area contributed by atoms with Gasteiger partial charge in [-0.05, 0) is 42.5 Å². The highest BCUT2D eigenvalue weighted by molar-refractivity contribution is 6.37. The Labute approximate surface area is 183 Å². The van der Waals surface area contributed by atoms with Crippen LogP contribution >= 0.6 is 23.2 Å². The summed E-state index contributed by atoms with van der Waals surface area (Å²) in [7, 11) is 0. The van der Waals surface area contributed by atoms with Crippen molar-refractivity contribution >= 4 is 34.9 Å². The number of para-hydroxylation sites is 1. The first-order valence-corrected chi connectivity index (χ1v) is 9.67. The third kappa shape index (κ3) is 3.49. The predicted molar refractivity (Wildman–Crippen MR) is 118 cm³/mol. The summed E-state index contributed by atoms with van der Waals surface area (Å²) in [6.45, 7) is 0. The first-order valence-electron chi connectivity index (χ1n) is 8.92. The quantitative estimate of drug-likeness (QED) is 0.378. The summed E-state index contributed by atoms with van der Waals surface area (Å²) < 4.78 is 3.44. The van der Waals surface area contributed by atoms with Crippen molar-refractivity contribution in [2.75, 3.05) is 0 Å². The molecule has 0 fully saturated rings. The second-order valence-electron chi connectivity index (χ2n) is 6.30. The van der Waals surface area contributed by atoms with Crippen molar-refractivity contribution in [3.63, 3.8) is 0 Å². The Morgan fingerprint density at radius 2 is 1.57 bits per heavy atom. The largest absolute Gasteiger partial charge is 0.307 e. The fourth-order valence-corrected chi connectivity index (χ4v) is 3.62. The fourth-order valence-electron chi connectivity index (χ4n) is 3.11. The van der Waals surface area contributed by atoms with E-state index in [-0.39, 0.29) is 16.8 Å². The van der Waals surface area contributed by atoms with Gasteiger partial charge in [-0.2, -0.15) is 15.6 Å². The van der Waals surface area contributed by atoms with Crippen LogP contribution in [0.15, 0.2) is 73.1 Å². The standard InChI is InChI=1S/C23H13Cl2N5/c24-20-9-6-10-21(25)18(20)13-16(14-26)22-19(15-27)23(29-11-4-5-12-29)30(28-22)17-7-2-1-3-8-17/h1-13H/b16-13+. The molecule has 2 heterocycles. The van der Waals surface area contributed by atoms with E-state index >= 15 is 0 Å². The van der Waals surface area contributed by atoms with Crippen LogP contribution in [-0.4, -0.2) is 14.3 Å². The van der Waals surface area contributed by atoms with E-state index in [0.29, 0.717) is 21.4 Å². The number of rotatable bonds is 4. The molecule has 2 aromatic carbocycles. The number of halogens is 2. The van der Waals surface area contributed by atoms with E-state index in [2.05, 4.69) is 17.2 Å². The van der Waals surface area contributed by atoms with Crippen molar-refractivity contribution in [1.29, 1.82) is 10.5 Å². The van der Waals surface area contributed by atoms with E-state index in [1.54, 1.807) is 33.5 Å². The Morgan fingerprint density at radius 1 is 0.900 bits per heavy atom. The molecule has 0 aliphatic heterocycles. The molecule has 0 saturated carbocycles. The Kier molecular flexibility index (Phi) is 5.41. The molecule has 30 heavy (non-hydrogen) atoms. The summed E-state index contributed by atoms with van der Waals surface area (Å²) in [4.78, 5) is 0. The molecule has 0 spiro atoms. The average Bonchev–Trinajstić information content (AvgIpc) is 3.42. The molecule has 0 saturated heterocycles. The molecule has 0 aliphatic carbocycles. The average molecular weight is 430 g/mol. The van der Waals surface area contributed by atoms with Gasteiger partial charge in [0.1, 0.15) is 23.4 Å². The lowest BCUT2D eigenvalue weighted by molar-refractivity contribution is 0.820. The highest BCUT2D eigenvalue weighted by atomic mass is 35.5. The number of allylic oxidation sites excluding steroid dienone is 1. The first kappa shape index (κ1) is 19.5. The Hall–Kier alpha value is -3.77. The van der Waals surface area contributed by atoms with E-state index < -0.39 is 0 Å². The second-order valence-corrected chi connectivity index (χ2v) is 7.12. The molecule has 144 valence electrons. The van der Waals surface area contributed by atoms with Crippen LogP contribution in [0.4, 0.5) is 0 Å². The number of benzene rings is 2. The van der Waals surface area contributed by atoms with Gasteiger partial charge < -0.3 is 4.57 Å². The van der Waals surface area contributed by atoms with E-state index in [1.165, 1.54) is 0 Å². The molecule has 2 aromatic heterocycles. The van der Waals surface area contributed by atoms with Gasteiger partial charge in [0.05, 0.1) is 11.3 Å². The summed E-state index contributed by atoms with van der Waals surface area (Å²) in [5.41, 5.74) is 1.97. The molecule has 0 bridgehead atoms. The number of nitriles is 2. The summed E-state index contributed by atoms with van der Waals surface area (Å²) >= 11 is 12.5. The molecule has 4 rings (SSSR count). The van der Waals surface area contributed by atoms with Gasteiger partial charge in [-0.3, -0.25) is 0 Å². The lowest BCUT2D eigenvalue weighted by Crippen LogP contribution is -2.04. The lowest BCUT2D eigenvalue weighted by atomic mass is 10.1. The maximum absolute atomic E-state index is 9.97. The van der Waals surface area contributed by atoms with Crippen LogP contribution in [0.1, 0.15) is 16.8 Å². The van der Waals surface area contributed by atoms with Crippen LogP contribution < -0.4 is 0 Å². The highest BCUT2D eigenvalue weighted by Crippen LogP contribution is 2.32. The van der Waals surface area contributed by atoms with Gasteiger partial charge in [-0.25, -0.2) is 4.68 Å². The van der Waals surface area contributed by atoms with Crippen LogP contribution in [0.25, 0.3) is 23.2 Å². The van der Waals surface area contributed by atoms with Gasteiger partial charge in [-0.15, -0.1) is 0 Å². The summed E-state index contributed by atoms with van der Waals surface area (Å²) in [5.74, 6) is 0.537. The van der Waals surface area contributed by atoms with Gasteiger partial charge in [0, 0.05) is 28.0 Å². The van der Waals surface area contributed by atoms with Gasteiger partial charge in [0.2, 0.25) is 0 Å². The minimum atomic E-state index is 0.185. The van der Waals surface area contributed by atoms with Crippen molar-refractivity contribution in [3.05, 3.63) is 99.9 Å². The molecule has 5 nitrogen and oxygen atoms in total. The molecule has 0 amide bonds. The van der Waals surface area contributed by atoms with Crippen molar-refractivity contribution in [2.24, 2.45) is 0 Å². The normalized spacial score (nSPS) is 11.1. The lowest BCUT2D eigenvalue weighted by Gasteiger charge is -2.08. The maximum atomic E-state index is 9.97. The first-order chi connectivity index (χ1) is 14.6. The zero-order valence-corrected chi connectivity index (χ0v) is 17.0. The van der Waals surface area contributed by atoms with Crippen LogP contribution in [0, 0.1) is 22.7 Å². The fraction of sp³-hybridized carbons (Fsp3) is 0. The minimum absolute atomic E-state index is 0.185. The zero-order chi connectivity index (χ0) is 21.1. The van der Waals surface area contributed by atoms with E-state index in [9.17, 15) is 10.5 Å². The van der Waals surface area contributed by atoms with Crippen LogP contribution in [-0.2, 0) is 0 Å². The van der Waals surface area contributed by atoms with E-state index in [0.717, 1.165) is 5.69 Å². The molecule has 0 aliphatic rings. The molecule has 4 aromatic rings. The van der Waals surface area contributed by atoms with E-state index in [4.69, 9.17) is 23.2 Å². The summed E-state index contributed by atoms with van der Waals surface area (Å²) in [6, 6.07) is 22.6. The number of hydrogen-bond acceptors (Lipinski definition) is 3. The van der Waals surface area contributed by atoms with Crippen molar-refractivity contribution in [3.8, 4) is 23.6 Å². The molecule has 7 heteroatoms. The topological polar surface area (TPSA) is 70.3 Å². The smallest absolute Gasteiger partial charge is 0.159 e. The molecule has 0 N–H and O–H groups in total. The Balaban J connectivity index is 2.00. The maximum Gasteiger partial charge on any atom is 0.159 e. The van der Waals surface area contributed by atoms with Crippen molar-refractivity contribution < 1.29 is 0 Å². The Bertz CT molecular complexity index is 1300. The van der Waals surface area contributed by atoms with Gasteiger partial charge in [0.15, 0.2) is 5.82 Å². The van der Waals surface area contributed by atoms with Gasteiger partial charge in [0.25, 0.3) is 0 Å². The van der Waals surface area contributed by atoms with Gasteiger partial charge in [-0.1, -0.05) is 47.5 Å². The van der Waals surface area contributed by atoms with Crippen LogP contribution in [0.2, 0.25) is 10.0 Å².